The van der Waals surface area contributed by atoms with Gasteiger partial charge in [-0.25, -0.2) is 0 Å². The average Bonchev–Trinajstić information content (AvgIpc) is 2.81. The molecule has 31 heavy (non-hydrogen) atoms. The summed E-state index contributed by atoms with van der Waals surface area (Å²) in [6, 6.07) is 32.6. The zero-order chi connectivity index (χ0) is 22.0. The third kappa shape index (κ3) is 5.93. The second kappa shape index (κ2) is 11.7. The molecule has 0 N–H and O–H groups in total. The van der Waals surface area contributed by atoms with Crippen LogP contribution >= 0.6 is 14.9 Å². The first-order valence-electron chi connectivity index (χ1n) is 11.1. The maximum atomic E-state index is 12.9. The van der Waals surface area contributed by atoms with E-state index in [4.69, 9.17) is 9.05 Å². The fourth-order valence-electron chi connectivity index (χ4n) is 4.10. The lowest BCUT2D eigenvalue weighted by Crippen LogP contribution is -2.33. The minimum absolute atomic E-state index is 0.409. The SMILES string of the molecule is CCOP(=O)(CCCC[P+](c1ccccc1)(c1ccccc1)c1ccccc1)OCC. The first-order chi connectivity index (χ1) is 15.1. The molecule has 5 heteroatoms. The van der Waals surface area contributed by atoms with Crippen LogP contribution in [0.1, 0.15) is 26.7 Å². The molecule has 3 aromatic rings. The predicted molar refractivity (Wildman–Crippen MR) is 135 cm³/mol. The van der Waals surface area contributed by atoms with Gasteiger partial charge in [0.15, 0.2) is 0 Å². The Morgan fingerprint density at radius 3 is 1.39 bits per heavy atom. The summed E-state index contributed by atoms with van der Waals surface area (Å²) in [6.45, 7) is 4.55. The first kappa shape index (κ1) is 23.9. The van der Waals surface area contributed by atoms with Crippen LogP contribution in [0.25, 0.3) is 0 Å². The van der Waals surface area contributed by atoms with Crippen molar-refractivity contribution in [2.75, 3.05) is 25.5 Å². The highest BCUT2D eigenvalue weighted by molar-refractivity contribution is 7.95. The number of benzene rings is 3. The lowest BCUT2D eigenvalue weighted by Gasteiger charge is -2.28. The summed E-state index contributed by atoms with van der Waals surface area (Å²) in [5, 5.41) is 4.14. The van der Waals surface area contributed by atoms with Gasteiger partial charge in [-0.2, -0.15) is 0 Å². The quantitative estimate of drug-likeness (QED) is 0.247. The molecule has 0 atom stereocenters. The van der Waals surface area contributed by atoms with E-state index in [2.05, 4.69) is 91.0 Å². The maximum absolute atomic E-state index is 12.9. The fraction of sp³-hybridized carbons (Fsp3) is 0.308. The molecule has 0 heterocycles. The lowest BCUT2D eigenvalue weighted by atomic mass is 10.3. The molecule has 0 unspecified atom stereocenters. The minimum Gasteiger partial charge on any atom is -0.309 e. The largest absolute Gasteiger partial charge is 0.330 e. The van der Waals surface area contributed by atoms with Crippen LogP contribution in [0, 0.1) is 0 Å². The van der Waals surface area contributed by atoms with Crippen molar-refractivity contribution in [1.82, 2.24) is 0 Å². The van der Waals surface area contributed by atoms with E-state index in [-0.39, 0.29) is 0 Å². The number of hydrogen-bond acceptors (Lipinski definition) is 3. The van der Waals surface area contributed by atoms with Crippen molar-refractivity contribution in [2.45, 2.75) is 26.7 Å². The van der Waals surface area contributed by atoms with Gasteiger partial charge < -0.3 is 9.05 Å². The molecule has 0 saturated carbocycles. The Balaban J connectivity index is 1.94. The fourth-order valence-corrected chi connectivity index (χ4v) is 10.2. The van der Waals surface area contributed by atoms with E-state index in [0.29, 0.717) is 19.4 Å². The Kier molecular flexibility index (Phi) is 9.05. The van der Waals surface area contributed by atoms with Gasteiger partial charge in [-0.3, -0.25) is 4.57 Å². The van der Waals surface area contributed by atoms with Crippen LogP contribution in [0.2, 0.25) is 0 Å². The molecule has 3 rings (SSSR count). The summed E-state index contributed by atoms with van der Waals surface area (Å²) in [5.41, 5.74) is 0. The first-order valence-corrected chi connectivity index (χ1v) is 14.8. The normalized spacial score (nSPS) is 12.1. The second-order valence-corrected chi connectivity index (χ2v) is 13.2. The van der Waals surface area contributed by atoms with Gasteiger partial charge in [-0.1, -0.05) is 54.6 Å². The third-order valence-corrected chi connectivity index (χ3v) is 12.1. The molecule has 3 nitrogen and oxygen atoms in total. The highest BCUT2D eigenvalue weighted by Gasteiger charge is 2.44. The van der Waals surface area contributed by atoms with Crippen molar-refractivity contribution in [3.8, 4) is 0 Å². The van der Waals surface area contributed by atoms with Gasteiger partial charge in [0, 0.05) is 0 Å². The van der Waals surface area contributed by atoms with Crippen LogP contribution in [0.15, 0.2) is 91.0 Å². The summed E-state index contributed by atoms with van der Waals surface area (Å²) in [4.78, 5) is 0. The van der Waals surface area contributed by atoms with E-state index in [0.717, 1.165) is 19.0 Å². The summed E-state index contributed by atoms with van der Waals surface area (Å²) < 4.78 is 23.9. The number of hydrogen-bond donors (Lipinski definition) is 0. The summed E-state index contributed by atoms with van der Waals surface area (Å²) in [5.74, 6) is 0. The smallest absolute Gasteiger partial charge is 0.309 e. The standard InChI is InChI=1S/C26H33O3P2/c1-3-28-31(27,29-4-2)23-15-14-22-30(24-16-8-5-9-17-24,25-18-10-6-11-19-25)26-20-12-7-13-21-26/h5-13,16-21H,3-4,14-15,22-23H2,1-2H3/q+1. The molecule has 0 aliphatic heterocycles. The molecule has 0 radical (unpaired) electrons. The van der Waals surface area contributed by atoms with E-state index in [1.54, 1.807) is 0 Å². The van der Waals surface area contributed by atoms with E-state index < -0.39 is 14.9 Å². The highest BCUT2D eigenvalue weighted by Crippen LogP contribution is 2.56. The van der Waals surface area contributed by atoms with Gasteiger partial charge in [-0.15, -0.1) is 0 Å². The lowest BCUT2D eigenvalue weighted by molar-refractivity contribution is 0.219. The maximum Gasteiger partial charge on any atom is 0.330 e. The average molecular weight is 455 g/mol. The van der Waals surface area contributed by atoms with E-state index >= 15 is 0 Å². The van der Waals surface area contributed by atoms with Gasteiger partial charge in [0.05, 0.1) is 25.5 Å². The van der Waals surface area contributed by atoms with Crippen LogP contribution < -0.4 is 15.9 Å². The minimum atomic E-state index is -3.00. The predicted octanol–water partition coefficient (Wildman–Crippen LogP) is 6.03. The van der Waals surface area contributed by atoms with Crippen molar-refractivity contribution in [3.63, 3.8) is 0 Å². The van der Waals surface area contributed by atoms with Crippen molar-refractivity contribution in [3.05, 3.63) is 91.0 Å². The van der Waals surface area contributed by atoms with Gasteiger partial charge in [0.25, 0.3) is 0 Å². The Bertz CT molecular complexity index is 839. The molecule has 3 aromatic carbocycles. The molecule has 0 bridgehead atoms. The van der Waals surface area contributed by atoms with Crippen LogP contribution in [-0.2, 0) is 13.6 Å². The van der Waals surface area contributed by atoms with Crippen LogP contribution in [0.4, 0.5) is 0 Å². The second-order valence-electron chi connectivity index (χ2n) is 7.42. The van der Waals surface area contributed by atoms with Crippen LogP contribution in [0.3, 0.4) is 0 Å². The van der Waals surface area contributed by atoms with Gasteiger partial charge in [-0.05, 0) is 63.1 Å². The number of unbranched alkanes of at least 4 members (excludes halogenated alkanes) is 1. The van der Waals surface area contributed by atoms with E-state index in [1.165, 1.54) is 15.9 Å². The molecule has 0 aromatic heterocycles. The zero-order valence-electron chi connectivity index (χ0n) is 18.5. The van der Waals surface area contributed by atoms with Gasteiger partial charge >= 0.3 is 7.60 Å². The molecule has 0 saturated heterocycles. The Hall–Kier alpha value is -1.76. The van der Waals surface area contributed by atoms with E-state index in [1.807, 2.05) is 13.8 Å². The monoisotopic (exact) mass is 455 g/mol. The van der Waals surface area contributed by atoms with Gasteiger partial charge in [0.2, 0.25) is 0 Å². The Labute approximate surface area is 187 Å². The Morgan fingerprint density at radius 1 is 0.645 bits per heavy atom. The molecule has 0 aliphatic rings. The van der Waals surface area contributed by atoms with Crippen molar-refractivity contribution >= 4 is 30.8 Å². The Morgan fingerprint density at radius 2 is 1.03 bits per heavy atom. The van der Waals surface area contributed by atoms with Crippen molar-refractivity contribution < 1.29 is 13.6 Å². The topological polar surface area (TPSA) is 35.5 Å². The number of rotatable bonds is 12. The van der Waals surface area contributed by atoms with E-state index in [9.17, 15) is 4.57 Å². The summed E-state index contributed by atoms with van der Waals surface area (Å²) in [6.07, 6.45) is 3.25. The third-order valence-electron chi connectivity index (χ3n) is 5.42. The summed E-state index contributed by atoms with van der Waals surface area (Å²) in [7, 11) is -4.84. The highest BCUT2D eigenvalue weighted by atomic mass is 31.2. The molecule has 0 amide bonds. The molecule has 0 spiro atoms. The van der Waals surface area contributed by atoms with Crippen LogP contribution in [0.5, 0.6) is 0 Å². The van der Waals surface area contributed by atoms with Crippen molar-refractivity contribution in [2.24, 2.45) is 0 Å². The van der Waals surface area contributed by atoms with Crippen LogP contribution in [-0.4, -0.2) is 25.5 Å². The molecular formula is C26H33O3P2+. The molecule has 164 valence electrons. The molecule has 0 aliphatic carbocycles. The van der Waals surface area contributed by atoms with Gasteiger partial charge in [0.1, 0.15) is 23.2 Å². The molecule has 0 fully saturated rings. The molecular weight excluding hydrogens is 422 g/mol. The van der Waals surface area contributed by atoms with Crippen molar-refractivity contribution in [1.29, 1.82) is 0 Å². The zero-order valence-corrected chi connectivity index (χ0v) is 20.3. The summed E-state index contributed by atoms with van der Waals surface area (Å²) >= 11 is 0.